The largest absolute Gasteiger partial charge is 0.494 e. The molecule has 4 nitrogen and oxygen atoms in total. The molecule has 0 aliphatic heterocycles. The molecule has 21 heavy (non-hydrogen) atoms. The standard InChI is InChI=1S/C16H17FO4/c1-19-13-7-5-11(9-15(13)21-3)16(18)10-4-6-12(17)14(8-10)20-2/h4-9,16,18H,1-3H3. The lowest BCUT2D eigenvalue weighted by molar-refractivity contribution is 0.218. The van der Waals surface area contributed by atoms with Gasteiger partial charge in [0, 0.05) is 0 Å². The number of rotatable bonds is 5. The molecule has 0 spiro atoms. The van der Waals surface area contributed by atoms with E-state index in [0.717, 1.165) is 0 Å². The number of benzene rings is 2. The predicted octanol–water partition coefficient (Wildman–Crippen LogP) is 2.93. The van der Waals surface area contributed by atoms with E-state index < -0.39 is 11.9 Å². The van der Waals surface area contributed by atoms with E-state index in [1.54, 1.807) is 25.3 Å². The number of ether oxygens (including phenoxy) is 3. The monoisotopic (exact) mass is 292 g/mol. The highest BCUT2D eigenvalue weighted by molar-refractivity contribution is 5.46. The van der Waals surface area contributed by atoms with Crippen molar-refractivity contribution in [3.63, 3.8) is 0 Å². The van der Waals surface area contributed by atoms with Crippen LogP contribution in [0.15, 0.2) is 36.4 Å². The van der Waals surface area contributed by atoms with Crippen LogP contribution in [0.1, 0.15) is 17.2 Å². The van der Waals surface area contributed by atoms with E-state index in [2.05, 4.69) is 0 Å². The van der Waals surface area contributed by atoms with Crippen molar-refractivity contribution in [1.82, 2.24) is 0 Å². The summed E-state index contributed by atoms with van der Waals surface area (Å²) in [5, 5.41) is 10.4. The number of hydrogen-bond donors (Lipinski definition) is 1. The molecule has 0 aliphatic rings. The summed E-state index contributed by atoms with van der Waals surface area (Å²) in [6.45, 7) is 0. The lowest BCUT2D eigenvalue weighted by Gasteiger charge is -2.15. The van der Waals surface area contributed by atoms with Gasteiger partial charge in [-0.2, -0.15) is 0 Å². The Morgan fingerprint density at radius 2 is 1.33 bits per heavy atom. The van der Waals surface area contributed by atoms with Crippen molar-refractivity contribution in [3.05, 3.63) is 53.3 Å². The van der Waals surface area contributed by atoms with Crippen molar-refractivity contribution in [2.75, 3.05) is 21.3 Å². The number of aliphatic hydroxyl groups is 1. The number of aliphatic hydroxyl groups excluding tert-OH is 1. The third-order valence-electron chi connectivity index (χ3n) is 3.21. The molecule has 0 heterocycles. The van der Waals surface area contributed by atoms with Gasteiger partial charge in [-0.3, -0.25) is 0 Å². The van der Waals surface area contributed by atoms with Crippen LogP contribution in [0.2, 0.25) is 0 Å². The first-order chi connectivity index (χ1) is 10.1. The first-order valence-electron chi connectivity index (χ1n) is 6.34. The average Bonchev–Trinajstić information content (AvgIpc) is 2.53. The van der Waals surface area contributed by atoms with Crippen molar-refractivity contribution in [2.24, 2.45) is 0 Å². The molecule has 0 bridgehead atoms. The normalized spacial score (nSPS) is 11.9. The molecule has 0 saturated carbocycles. The topological polar surface area (TPSA) is 47.9 Å². The van der Waals surface area contributed by atoms with Gasteiger partial charge in [0.25, 0.3) is 0 Å². The van der Waals surface area contributed by atoms with Crippen LogP contribution < -0.4 is 14.2 Å². The Labute approximate surface area is 122 Å². The van der Waals surface area contributed by atoms with Gasteiger partial charge >= 0.3 is 0 Å². The number of halogens is 1. The first-order valence-corrected chi connectivity index (χ1v) is 6.34. The molecule has 0 fully saturated rings. The van der Waals surface area contributed by atoms with E-state index in [1.807, 2.05) is 0 Å². The van der Waals surface area contributed by atoms with Crippen molar-refractivity contribution in [1.29, 1.82) is 0 Å². The third kappa shape index (κ3) is 3.08. The Kier molecular flexibility index (Phi) is 4.65. The van der Waals surface area contributed by atoms with E-state index in [4.69, 9.17) is 14.2 Å². The van der Waals surface area contributed by atoms with Gasteiger partial charge < -0.3 is 19.3 Å². The molecule has 0 saturated heterocycles. The van der Waals surface area contributed by atoms with Crippen LogP contribution in [-0.4, -0.2) is 26.4 Å². The first kappa shape index (κ1) is 15.1. The van der Waals surface area contributed by atoms with E-state index >= 15 is 0 Å². The molecule has 1 unspecified atom stereocenters. The highest BCUT2D eigenvalue weighted by Gasteiger charge is 2.15. The minimum absolute atomic E-state index is 0.0898. The summed E-state index contributed by atoms with van der Waals surface area (Å²) < 4.78 is 28.7. The summed E-state index contributed by atoms with van der Waals surface area (Å²) in [6.07, 6.45) is -0.917. The van der Waals surface area contributed by atoms with Crippen LogP contribution in [0.4, 0.5) is 4.39 Å². The second-order valence-corrected chi connectivity index (χ2v) is 4.41. The summed E-state index contributed by atoms with van der Waals surface area (Å²) in [4.78, 5) is 0. The van der Waals surface area contributed by atoms with Gasteiger partial charge in [-0.1, -0.05) is 12.1 Å². The Hall–Kier alpha value is -2.27. The van der Waals surface area contributed by atoms with Gasteiger partial charge in [0.15, 0.2) is 23.1 Å². The molecule has 1 N–H and O–H groups in total. The lowest BCUT2D eigenvalue weighted by atomic mass is 10.0. The van der Waals surface area contributed by atoms with Crippen LogP contribution in [0.5, 0.6) is 17.2 Å². The minimum atomic E-state index is -0.917. The van der Waals surface area contributed by atoms with Gasteiger partial charge in [0.2, 0.25) is 0 Å². The van der Waals surface area contributed by atoms with Gasteiger partial charge in [-0.25, -0.2) is 4.39 Å². The summed E-state index contributed by atoms with van der Waals surface area (Å²) >= 11 is 0. The predicted molar refractivity (Wildman–Crippen MR) is 76.6 cm³/mol. The molecule has 2 aromatic carbocycles. The zero-order valence-electron chi connectivity index (χ0n) is 12.1. The number of methoxy groups -OCH3 is 3. The molecule has 0 aliphatic carbocycles. The molecule has 2 rings (SSSR count). The molecular weight excluding hydrogens is 275 g/mol. The minimum Gasteiger partial charge on any atom is -0.494 e. The molecule has 112 valence electrons. The van der Waals surface area contributed by atoms with Crippen molar-refractivity contribution >= 4 is 0 Å². The van der Waals surface area contributed by atoms with E-state index in [0.29, 0.717) is 22.6 Å². The van der Waals surface area contributed by atoms with Gasteiger partial charge in [0.05, 0.1) is 21.3 Å². The van der Waals surface area contributed by atoms with Gasteiger partial charge in [0.1, 0.15) is 6.10 Å². The number of hydrogen-bond acceptors (Lipinski definition) is 4. The van der Waals surface area contributed by atoms with Crippen molar-refractivity contribution < 1.29 is 23.7 Å². The van der Waals surface area contributed by atoms with Crippen LogP contribution in [0, 0.1) is 5.82 Å². The Balaban J connectivity index is 2.37. The molecule has 5 heteroatoms. The molecular formula is C16H17FO4. The average molecular weight is 292 g/mol. The maximum atomic E-state index is 13.4. The quantitative estimate of drug-likeness (QED) is 0.920. The van der Waals surface area contributed by atoms with Crippen LogP contribution in [0.3, 0.4) is 0 Å². The van der Waals surface area contributed by atoms with E-state index in [-0.39, 0.29) is 5.75 Å². The fourth-order valence-electron chi connectivity index (χ4n) is 2.06. The summed E-state index contributed by atoms with van der Waals surface area (Å²) in [5.74, 6) is 0.709. The zero-order chi connectivity index (χ0) is 15.4. The second kappa shape index (κ2) is 6.45. The fraction of sp³-hybridized carbons (Fsp3) is 0.250. The van der Waals surface area contributed by atoms with E-state index in [1.165, 1.54) is 32.4 Å². The van der Waals surface area contributed by atoms with Gasteiger partial charge in [-0.15, -0.1) is 0 Å². The Morgan fingerprint density at radius 3 is 1.90 bits per heavy atom. The van der Waals surface area contributed by atoms with Gasteiger partial charge in [-0.05, 0) is 35.4 Å². The van der Waals surface area contributed by atoms with E-state index in [9.17, 15) is 9.50 Å². The summed E-state index contributed by atoms with van der Waals surface area (Å²) in [7, 11) is 4.44. The molecule has 2 aromatic rings. The smallest absolute Gasteiger partial charge is 0.165 e. The molecule has 0 radical (unpaired) electrons. The second-order valence-electron chi connectivity index (χ2n) is 4.41. The Bertz CT molecular complexity index is 628. The molecule has 0 amide bonds. The lowest BCUT2D eigenvalue weighted by Crippen LogP contribution is -2.02. The molecule has 0 aromatic heterocycles. The zero-order valence-corrected chi connectivity index (χ0v) is 12.1. The maximum Gasteiger partial charge on any atom is 0.165 e. The maximum absolute atomic E-state index is 13.4. The summed E-state index contributed by atoms with van der Waals surface area (Å²) in [5.41, 5.74) is 1.14. The van der Waals surface area contributed by atoms with Crippen molar-refractivity contribution in [2.45, 2.75) is 6.10 Å². The highest BCUT2D eigenvalue weighted by atomic mass is 19.1. The van der Waals surface area contributed by atoms with Crippen LogP contribution in [-0.2, 0) is 0 Å². The Morgan fingerprint density at radius 1 is 0.810 bits per heavy atom. The SMILES string of the molecule is COc1cc(C(O)c2ccc(OC)c(OC)c2)ccc1F. The summed E-state index contributed by atoms with van der Waals surface area (Å²) in [6, 6.07) is 9.35. The molecule has 1 atom stereocenters. The third-order valence-corrected chi connectivity index (χ3v) is 3.21. The fourth-order valence-corrected chi connectivity index (χ4v) is 2.06. The van der Waals surface area contributed by atoms with Crippen LogP contribution >= 0.6 is 0 Å². The van der Waals surface area contributed by atoms with Crippen molar-refractivity contribution in [3.8, 4) is 17.2 Å². The van der Waals surface area contributed by atoms with Crippen LogP contribution in [0.25, 0.3) is 0 Å². The highest BCUT2D eigenvalue weighted by Crippen LogP contribution is 2.33.